The highest BCUT2D eigenvalue weighted by Crippen LogP contribution is 2.52. The van der Waals surface area contributed by atoms with Crippen molar-refractivity contribution in [3.05, 3.63) is 107 Å². The summed E-state index contributed by atoms with van der Waals surface area (Å²) in [6.07, 6.45) is 1.84. The number of benzene rings is 3. The molecule has 0 aliphatic carbocycles. The highest BCUT2D eigenvalue weighted by molar-refractivity contribution is 5.98. The Morgan fingerprint density at radius 1 is 0.879 bits per heavy atom. The summed E-state index contributed by atoms with van der Waals surface area (Å²) in [5, 5.41) is 0. The predicted molar refractivity (Wildman–Crippen MR) is 138 cm³/mol. The lowest BCUT2D eigenvalue weighted by Gasteiger charge is -2.42. The number of nitrogens with two attached hydrogens (primary N) is 1. The Hall–Kier alpha value is -3.92. The second-order valence-electron chi connectivity index (χ2n) is 9.08. The Kier molecular flexibility index (Phi) is 5.01. The number of hydrogen-bond donors (Lipinski definition) is 1. The first-order chi connectivity index (χ1) is 15.9. The largest absolute Gasteiger partial charge is 0.384 e. The van der Waals surface area contributed by atoms with E-state index in [9.17, 15) is 0 Å². The van der Waals surface area contributed by atoms with Gasteiger partial charge < -0.3 is 10.6 Å². The molecule has 0 bridgehead atoms. The van der Waals surface area contributed by atoms with Crippen LogP contribution in [0, 0.1) is 6.92 Å². The molecule has 4 heteroatoms. The molecule has 0 saturated carbocycles. The van der Waals surface area contributed by atoms with Gasteiger partial charge in [-0.2, -0.15) is 0 Å². The summed E-state index contributed by atoms with van der Waals surface area (Å²) < 4.78 is 0. The molecule has 1 aromatic heterocycles. The normalized spacial score (nSPS) is 14.5. The van der Waals surface area contributed by atoms with E-state index in [-0.39, 0.29) is 5.41 Å². The first-order valence-electron chi connectivity index (χ1n) is 11.2. The van der Waals surface area contributed by atoms with Crippen LogP contribution in [0.2, 0.25) is 0 Å². The van der Waals surface area contributed by atoms with Gasteiger partial charge in [-0.25, -0.2) is 0 Å². The van der Waals surface area contributed by atoms with Gasteiger partial charge in [0, 0.05) is 35.5 Å². The number of aliphatic imine (C=N–C) groups is 1. The van der Waals surface area contributed by atoms with Crippen molar-refractivity contribution in [2.75, 3.05) is 11.9 Å². The maximum atomic E-state index is 6.03. The van der Waals surface area contributed by atoms with Crippen molar-refractivity contribution in [3.8, 4) is 11.3 Å². The van der Waals surface area contributed by atoms with Gasteiger partial charge in [0.25, 0.3) is 0 Å². The molecule has 0 fully saturated rings. The lowest BCUT2D eigenvalue weighted by molar-refractivity contribution is 0.631. The average molecular weight is 433 g/mol. The van der Waals surface area contributed by atoms with Crippen LogP contribution in [0.3, 0.4) is 0 Å². The van der Waals surface area contributed by atoms with Gasteiger partial charge in [0.05, 0.1) is 17.1 Å². The van der Waals surface area contributed by atoms with E-state index in [4.69, 9.17) is 5.73 Å². The SMILES string of the molecule is CN=C(N)c1ccc(N2c3ccc(C)cc3C(C)(C)c3cc(-c4ccccn4)ccc32)cc1. The molecule has 0 unspecified atom stereocenters. The summed E-state index contributed by atoms with van der Waals surface area (Å²) >= 11 is 0. The van der Waals surface area contributed by atoms with Gasteiger partial charge in [-0.1, -0.05) is 43.7 Å². The molecular formula is C29H28N4. The maximum Gasteiger partial charge on any atom is 0.125 e. The molecule has 164 valence electrons. The van der Waals surface area contributed by atoms with Crippen LogP contribution in [0.15, 0.2) is 90.1 Å². The minimum absolute atomic E-state index is 0.156. The Balaban J connectivity index is 1.73. The predicted octanol–water partition coefficient (Wildman–Crippen LogP) is 6.50. The molecular weight excluding hydrogens is 404 g/mol. The first-order valence-corrected chi connectivity index (χ1v) is 11.2. The number of aryl methyl sites for hydroxylation is 1. The molecule has 3 aromatic carbocycles. The lowest BCUT2D eigenvalue weighted by Crippen LogP contribution is -2.30. The van der Waals surface area contributed by atoms with Gasteiger partial charge in [0.1, 0.15) is 5.84 Å². The molecule has 0 amide bonds. The second-order valence-corrected chi connectivity index (χ2v) is 9.08. The molecule has 5 rings (SSSR count). The Labute approximate surface area is 195 Å². The van der Waals surface area contributed by atoms with Crippen molar-refractivity contribution in [1.82, 2.24) is 4.98 Å². The van der Waals surface area contributed by atoms with E-state index in [0.717, 1.165) is 22.5 Å². The van der Waals surface area contributed by atoms with Crippen LogP contribution >= 0.6 is 0 Å². The van der Waals surface area contributed by atoms with Gasteiger partial charge >= 0.3 is 0 Å². The molecule has 2 N–H and O–H groups in total. The molecule has 1 aliphatic heterocycles. The van der Waals surface area contributed by atoms with Gasteiger partial charge in [-0.3, -0.25) is 9.98 Å². The number of hydrogen-bond acceptors (Lipinski definition) is 3. The fraction of sp³-hybridized carbons (Fsp3) is 0.172. The van der Waals surface area contributed by atoms with E-state index in [1.165, 1.54) is 28.1 Å². The van der Waals surface area contributed by atoms with Crippen LogP contribution in [0.1, 0.15) is 36.1 Å². The Bertz CT molecular complexity index is 1350. The zero-order valence-corrected chi connectivity index (χ0v) is 19.5. The summed E-state index contributed by atoms with van der Waals surface area (Å²) in [6, 6.07) is 27.8. The summed E-state index contributed by atoms with van der Waals surface area (Å²) in [5.74, 6) is 0.540. The van der Waals surface area contributed by atoms with Gasteiger partial charge in [-0.05, 0) is 72.6 Å². The van der Waals surface area contributed by atoms with E-state index in [1.807, 2.05) is 30.5 Å². The van der Waals surface area contributed by atoms with Crippen molar-refractivity contribution in [2.24, 2.45) is 10.7 Å². The smallest absolute Gasteiger partial charge is 0.125 e. The van der Waals surface area contributed by atoms with E-state index in [1.54, 1.807) is 7.05 Å². The Morgan fingerprint density at radius 2 is 1.58 bits per heavy atom. The molecule has 1 aliphatic rings. The molecule has 0 radical (unpaired) electrons. The van der Waals surface area contributed by atoms with Crippen LogP contribution in [0.4, 0.5) is 17.1 Å². The quantitative estimate of drug-likeness (QED) is 0.297. The number of nitrogens with zero attached hydrogens (tertiary/aromatic N) is 3. The molecule has 0 spiro atoms. The van der Waals surface area contributed by atoms with Crippen LogP contribution in [0.5, 0.6) is 0 Å². The van der Waals surface area contributed by atoms with E-state index in [2.05, 4.69) is 90.2 Å². The summed E-state index contributed by atoms with van der Waals surface area (Å²) in [7, 11) is 1.71. The number of rotatable bonds is 3. The van der Waals surface area contributed by atoms with Gasteiger partial charge in [0.2, 0.25) is 0 Å². The lowest BCUT2D eigenvalue weighted by atomic mass is 9.72. The first kappa shape index (κ1) is 21.0. The number of fused-ring (bicyclic) bond motifs is 2. The Morgan fingerprint density at radius 3 is 2.24 bits per heavy atom. The van der Waals surface area contributed by atoms with Crippen LogP contribution < -0.4 is 10.6 Å². The van der Waals surface area contributed by atoms with E-state index in [0.29, 0.717) is 5.84 Å². The fourth-order valence-electron chi connectivity index (χ4n) is 4.73. The van der Waals surface area contributed by atoms with Crippen LogP contribution in [0.25, 0.3) is 11.3 Å². The van der Waals surface area contributed by atoms with Crippen molar-refractivity contribution in [1.29, 1.82) is 0 Å². The minimum atomic E-state index is -0.156. The van der Waals surface area contributed by atoms with Crippen LogP contribution in [-0.2, 0) is 5.41 Å². The third-order valence-electron chi connectivity index (χ3n) is 6.60. The third-order valence-corrected chi connectivity index (χ3v) is 6.60. The zero-order chi connectivity index (χ0) is 23.2. The molecule has 4 aromatic rings. The third kappa shape index (κ3) is 3.48. The number of aromatic nitrogens is 1. The van der Waals surface area contributed by atoms with Gasteiger partial charge in [0.15, 0.2) is 0 Å². The van der Waals surface area contributed by atoms with Gasteiger partial charge in [-0.15, -0.1) is 0 Å². The number of amidine groups is 1. The molecule has 0 saturated heterocycles. The standard InChI is InChI=1S/C29H28N4/c1-19-8-14-26-23(17-19)29(2,3)24-18-21(25-7-5-6-16-32-25)11-15-27(24)33(26)22-12-9-20(10-13-22)28(30)31-4/h5-18H,1-4H3,(H2,30,31). The minimum Gasteiger partial charge on any atom is -0.384 e. The molecule has 4 nitrogen and oxygen atoms in total. The van der Waals surface area contributed by atoms with Crippen molar-refractivity contribution in [2.45, 2.75) is 26.2 Å². The topological polar surface area (TPSA) is 54.5 Å². The highest BCUT2D eigenvalue weighted by atomic mass is 15.2. The summed E-state index contributed by atoms with van der Waals surface area (Å²) in [5.41, 5.74) is 16.2. The van der Waals surface area contributed by atoms with E-state index < -0.39 is 0 Å². The zero-order valence-electron chi connectivity index (χ0n) is 19.5. The van der Waals surface area contributed by atoms with Crippen LogP contribution in [-0.4, -0.2) is 17.9 Å². The molecule has 2 heterocycles. The summed E-state index contributed by atoms with van der Waals surface area (Å²) in [6.45, 7) is 6.78. The molecule has 0 atom stereocenters. The molecule has 33 heavy (non-hydrogen) atoms. The number of pyridine rings is 1. The highest BCUT2D eigenvalue weighted by Gasteiger charge is 2.37. The van der Waals surface area contributed by atoms with Crippen molar-refractivity contribution < 1.29 is 0 Å². The van der Waals surface area contributed by atoms with Crippen molar-refractivity contribution in [3.63, 3.8) is 0 Å². The fourth-order valence-corrected chi connectivity index (χ4v) is 4.73. The average Bonchev–Trinajstić information content (AvgIpc) is 2.85. The maximum absolute atomic E-state index is 6.03. The number of anilines is 3. The second kappa shape index (κ2) is 7.89. The monoisotopic (exact) mass is 432 g/mol. The van der Waals surface area contributed by atoms with Crippen molar-refractivity contribution >= 4 is 22.9 Å². The summed E-state index contributed by atoms with van der Waals surface area (Å²) in [4.78, 5) is 11.0. The van der Waals surface area contributed by atoms with E-state index >= 15 is 0 Å².